The Bertz CT molecular complexity index is 261. The van der Waals surface area contributed by atoms with Gasteiger partial charge in [-0.3, -0.25) is 4.98 Å². The Morgan fingerprint density at radius 2 is 1.94 bits per heavy atom. The molecule has 1 aromatic rings. The summed E-state index contributed by atoms with van der Waals surface area (Å²) in [6.45, 7) is 6.44. The molecule has 0 unspecified atom stereocenters. The third kappa shape index (κ3) is 5.24. The first-order chi connectivity index (χ1) is 7.86. The Hall–Kier alpha value is -0.930. The van der Waals surface area contributed by atoms with Crippen LogP contribution in [0.5, 0.6) is 0 Å². The summed E-state index contributed by atoms with van der Waals surface area (Å²) >= 11 is 0. The molecule has 90 valence electrons. The number of hydrogen-bond donors (Lipinski definition) is 1. The minimum Gasteiger partial charge on any atom is -0.330 e. The number of pyridine rings is 1. The molecule has 1 aromatic heterocycles. The van der Waals surface area contributed by atoms with Gasteiger partial charge in [-0.25, -0.2) is 0 Å². The molecule has 0 aromatic carbocycles. The van der Waals surface area contributed by atoms with Crippen LogP contribution in [0.25, 0.3) is 0 Å². The number of hydrogen-bond acceptors (Lipinski definition) is 3. The second-order valence-electron chi connectivity index (χ2n) is 4.04. The molecule has 1 rings (SSSR count). The van der Waals surface area contributed by atoms with Crippen molar-refractivity contribution in [2.75, 3.05) is 26.2 Å². The molecule has 2 N–H and O–H groups in total. The summed E-state index contributed by atoms with van der Waals surface area (Å²) in [7, 11) is 0. The van der Waals surface area contributed by atoms with Gasteiger partial charge in [-0.1, -0.05) is 6.92 Å². The van der Waals surface area contributed by atoms with Gasteiger partial charge in [0, 0.05) is 18.9 Å². The van der Waals surface area contributed by atoms with E-state index in [4.69, 9.17) is 5.73 Å². The van der Waals surface area contributed by atoms with Crippen molar-refractivity contribution < 1.29 is 0 Å². The highest BCUT2D eigenvalue weighted by molar-refractivity contribution is 5.09. The molecule has 0 radical (unpaired) electrons. The van der Waals surface area contributed by atoms with Crippen LogP contribution < -0.4 is 5.73 Å². The van der Waals surface area contributed by atoms with E-state index in [-0.39, 0.29) is 0 Å². The van der Waals surface area contributed by atoms with Crippen molar-refractivity contribution in [2.45, 2.75) is 26.2 Å². The van der Waals surface area contributed by atoms with Gasteiger partial charge in [0.15, 0.2) is 0 Å². The molecule has 1 heterocycles. The quantitative estimate of drug-likeness (QED) is 0.679. The van der Waals surface area contributed by atoms with Crippen molar-refractivity contribution in [3.8, 4) is 0 Å². The lowest BCUT2D eigenvalue weighted by Crippen LogP contribution is -2.27. The lowest BCUT2D eigenvalue weighted by Gasteiger charge is -2.20. The van der Waals surface area contributed by atoms with Gasteiger partial charge >= 0.3 is 0 Å². The van der Waals surface area contributed by atoms with Gasteiger partial charge in [0.1, 0.15) is 0 Å². The van der Waals surface area contributed by atoms with Gasteiger partial charge in [0.2, 0.25) is 0 Å². The van der Waals surface area contributed by atoms with E-state index in [1.807, 2.05) is 12.4 Å². The van der Waals surface area contributed by atoms with Crippen LogP contribution in [0, 0.1) is 0 Å². The molecule has 0 amide bonds. The van der Waals surface area contributed by atoms with Crippen LogP contribution in [0.15, 0.2) is 24.5 Å². The summed E-state index contributed by atoms with van der Waals surface area (Å²) in [5, 5.41) is 0. The van der Waals surface area contributed by atoms with Crippen molar-refractivity contribution in [1.82, 2.24) is 9.88 Å². The Morgan fingerprint density at radius 3 is 2.56 bits per heavy atom. The van der Waals surface area contributed by atoms with Crippen molar-refractivity contribution in [3.63, 3.8) is 0 Å². The normalized spacial score (nSPS) is 10.9. The third-order valence-corrected chi connectivity index (χ3v) is 2.84. The van der Waals surface area contributed by atoms with Crippen molar-refractivity contribution in [3.05, 3.63) is 30.1 Å². The van der Waals surface area contributed by atoms with Crippen LogP contribution in [0.2, 0.25) is 0 Å². The average molecular weight is 221 g/mol. The monoisotopic (exact) mass is 221 g/mol. The maximum atomic E-state index is 5.50. The van der Waals surface area contributed by atoms with Crippen molar-refractivity contribution in [2.24, 2.45) is 5.73 Å². The highest BCUT2D eigenvalue weighted by Gasteiger charge is 2.02. The highest BCUT2D eigenvalue weighted by atomic mass is 15.1. The summed E-state index contributed by atoms with van der Waals surface area (Å²) in [6.07, 6.45) is 7.17. The summed E-state index contributed by atoms with van der Waals surface area (Å²) in [6, 6.07) is 4.18. The molecule has 0 fully saturated rings. The van der Waals surface area contributed by atoms with E-state index in [1.165, 1.54) is 18.5 Å². The predicted molar refractivity (Wildman–Crippen MR) is 68.3 cm³/mol. The first kappa shape index (κ1) is 13.1. The molecule has 0 spiro atoms. The third-order valence-electron chi connectivity index (χ3n) is 2.84. The minimum absolute atomic E-state index is 0.807. The fraction of sp³-hybridized carbons (Fsp3) is 0.615. The molecule has 0 saturated heterocycles. The van der Waals surface area contributed by atoms with E-state index in [9.17, 15) is 0 Å². The van der Waals surface area contributed by atoms with Gasteiger partial charge in [-0.15, -0.1) is 0 Å². The highest BCUT2D eigenvalue weighted by Crippen LogP contribution is 2.01. The fourth-order valence-corrected chi connectivity index (χ4v) is 1.74. The Balaban J connectivity index is 2.23. The molecular formula is C13H23N3. The summed E-state index contributed by atoms with van der Waals surface area (Å²) in [4.78, 5) is 6.51. The maximum Gasteiger partial charge on any atom is 0.0270 e. The summed E-state index contributed by atoms with van der Waals surface area (Å²) in [5.41, 5.74) is 6.86. The predicted octanol–water partition coefficient (Wildman–Crippen LogP) is 1.68. The van der Waals surface area contributed by atoms with Crippen LogP contribution in [-0.2, 0) is 6.42 Å². The van der Waals surface area contributed by atoms with Crippen molar-refractivity contribution >= 4 is 0 Å². The van der Waals surface area contributed by atoms with Crippen LogP contribution in [0.3, 0.4) is 0 Å². The van der Waals surface area contributed by atoms with Gasteiger partial charge in [-0.2, -0.15) is 0 Å². The van der Waals surface area contributed by atoms with E-state index >= 15 is 0 Å². The van der Waals surface area contributed by atoms with Gasteiger partial charge in [0.05, 0.1) is 0 Å². The number of aromatic nitrogens is 1. The molecule has 3 nitrogen and oxygen atoms in total. The van der Waals surface area contributed by atoms with E-state index in [1.54, 1.807) is 0 Å². The van der Waals surface area contributed by atoms with Crippen LogP contribution in [0.1, 0.15) is 25.3 Å². The zero-order chi connectivity index (χ0) is 11.6. The van der Waals surface area contributed by atoms with Gasteiger partial charge in [-0.05, 0) is 56.6 Å². The lowest BCUT2D eigenvalue weighted by molar-refractivity contribution is 0.286. The lowest BCUT2D eigenvalue weighted by atomic mass is 10.2. The van der Waals surface area contributed by atoms with Gasteiger partial charge < -0.3 is 10.6 Å². The Morgan fingerprint density at radius 1 is 1.19 bits per heavy atom. The minimum atomic E-state index is 0.807. The fourth-order valence-electron chi connectivity index (χ4n) is 1.74. The maximum absolute atomic E-state index is 5.50. The molecule has 0 aliphatic heterocycles. The number of unbranched alkanes of at least 4 members (excludes halogenated alkanes) is 1. The molecule has 0 aliphatic rings. The molecular weight excluding hydrogens is 198 g/mol. The molecule has 3 heteroatoms. The SMILES string of the molecule is CCN(CCCCN)CCc1ccncc1. The standard InChI is InChI=1S/C13H23N3/c1-2-16(11-4-3-8-14)12-7-13-5-9-15-10-6-13/h5-6,9-10H,2-4,7-8,11-12,14H2,1H3. The number of nitrogens with zero attached hydrogens (tertiary/aromatic N) is 2. The molecule has 0 saturated carbocycles. The molecule has 0 bridgehead atoms. The van der Waals surface area contributed by atoms with Gasteiger partial charge in [0.25, 0.3) is 0 Å². The van der Waals surface area contributed by atoms with E-state index in [0.717, 1.165) is 32.5 Å². The molecule has 0 aliphatic carbocycles. The zero-order valence-corrected chi connectivity index (χ0v) is 10.2. The van der Waals surface area contributed by atoms with E-state index in [2.05, 4.69) is 28.9 Å². The summed E-state index contributed by atoms with van der Waals surface area (Å²) < 4.78 is 0. The van der Waals surface area contributed by atoms with E-state index < -0.39 is 0 Å². The second kappa shape index (κ2) is 8.25. The largest absolute Gasteiger partial charge is 0.330 e. The summed E-state index contributed by atoms with van der Waals surface area (Å²) in [5.74, 6) is 0. The number of likely N-dealkylation sites (N-methyl/N-ethyl adjacent to an activating group) is 1. The molecule has 0 atom stereocenters. The number of nitrogens with two attached hydrogens (primary N) is 1. The van der Waals surface area contributed by atoms with Crippen molar-refractivity contribution in [1.29, 1.82) is 0 Å². The molecule has 16 heavy (non-hydrogen) atoms. The van der Waals surface area contributed by atoms with Crippen LogP contribution in [-0.4, -0.2) is 36.1 Å². The Labute approximate surface area is 98.7 Å². The first-order valence-electron chi connectivity index (χ1n) is 6.18. The number of rotatable bonds is 8. The van der Waals surface area contributed by atoms with Crippen LogP contribution >= 0.6 is 0 Å². The Kier molecular flexibility index (Phi) is 6.77. The van der Waals surface area contributed by atoms with E-state index in [0.29, 0.717) is 0 Å². The topological polar surface area (TPSA) is 42.1 Å². The smallest absolute Gasteiger partial charge is 0.0270 e. The zero-order valence-electron chi connectivity index (χ0n) is 10.2. The van der Waals surface area contributed by atoms with Crippen LogP contribution in [0.4, 0.5) is 0 Å². The average Bonchev–Trinajstić information content (AvgIpc) is 2.35. The first-order valence-corrected chi connectivity index (χ1v) is 6.18. The second-order valence-corrected chi connectivity index (χ2v) is 4.04.